The fraction of sp³-hybridized carbons (Fsp3) is 0.412. The highest BCUT2D eigenvalue weighted by atomic mass is 19.4. The molecular weight excluding hydrogens is 398 g/mol. The highest BCUT2D eigenvalue weighted by Gasteiger charge is 2.43. The molecule has 156 valence electrons. The average molecular weight is 415 g/mol. The quantitative estimate of drug-likeness (QED) is 0.719. The van der Waals surface area contributed by atoms with E-state index in [4.69, 9.17) is 4.74 Å². The second kappa shape index (κ2) is 8.05. The maximum absolute atomic E-state index is 13.7. The van der Waals surface area contributed by atoms with E-state index in [0.717, 1.165) is 17.0 Å². The van der Waals surface area contributed by atoms with Crippen molar-refractivity contribution in [2.45, 2.75) is 13.1 Å². The molecule has 1 aromatic heterocycles. The third-order valence-electron chi connectivity index (χ3n) is 4.29. The van der Waals surface area contributed by atoms with Crippen molar-refractivity contribution in [2.24, 2.45) is 0 Å². The molecule has 0 saturated carbocycles. The predicted octanol–water partition coefficient (Wildman–Crippen LogP) is 2.34. The van der Waals surface area contributed by atoms with Crippen LogP contribution in [0.5, 0.6) is 0 Å². The lowest BCUT2D eigenvalue weighted by Gasteiger charge is -2.33. The van der Waals surface area contributed by atoms with Crippen LogP contribution in [0.2, 0.25) is 0 Å². The van der Waals surface area contributed by atoms with Gasteiger partial charge in [-0.15, -0.1) is 5.10 Å². The topological polar surface area (TPSA) is 80.6 Å². The zero-order valence-electron chi connectivity index (χ0n) is 15.3. The van der Waals surface area contributed by atoms with Gasteiger partial charge in [0.25, 0.3) is 5.91 Å². The first-order valence-electron chi connectivity index (χ1n) is 8.72. The molecule has 2 aromatic rings. The largest absolute Gasteiger partial charge is 0.450 e. The summed E-state index contributed by atoms with van der Waals surface area (Å²) in [7, 11) is 0. The minimum atomic E-state index is -4.95. The van der Waals surface area contributed by atoms with Crippen molar-refractivity contribution in [1.29, 1.82) is 0 Å². The number of nitrogens with zero attached hydrogens (tertiary/aromatic N) is 5. The van der Waals surface area contributed by atoms with Crippen molar-refractivity contribution < 1.29 is 31.9 Å². The van der Waals surface area contributed by atoms with Crippen molar-refractivity contribution in [3.8, 4) is 5.69 Å². The summed E-state index contributed by atoms with van der Waals surface area (Å²) in [6.07, 6.45) is -5.50. The van der Waals surface area contributed by atoms with Crippen molar-refractivity contribution >= 4 is 12.0 Å². The van der Waals surface area contributed by atoms with Gasteiger partial charge in [-0.1, -0.05) is 11.3 Å². The van der Waals surface area contributed by atoms with Gasteiger partial charge < -0.3 is 14.5 Å². The Kier molecular flexibility index (Phi) is 5.71. The van der Waals surface area contributed by atoms with E-state index >= 15 is 0 Å². The van der Waals surface area contributed by atoms with Gasteiger partial charge in [-0.2, -0.15) is 13.2 Å². The summed E-state index contributed by atoms with van der Waals surface area (Å²) in [5.41, 5.74) is -2.48. The SMILES string of the molecule is CCOC(=O)N1CCN(C(=O)c2nnn(-c3cccc(F)c3)c2C(F)(F)F)CC1. The van der Waals surface area contributed by atoms with E-state index in [9.17, 15) is 27.2 Å². The molecule has 2 heterocycles. The summed E-state index contributed by atoms with van der Waals surface area (Å²) >= 11 is 0. The molecular formula is C17H17F4N5O3. The van der Waals surface area contributed by atoms with E-state index in [1.807, 2.05) is 0 Å². The van der Waals surface area contributed by atoms with E-state index < -0.39 is 35.4 Å². The van der Waals surface area contributed by atoms with E-state index in [1.165, 1.54) is 17.0 Å². The van der Waals surface area contributed by atoms with Crippen molar-refractivity contribution in [3.63, 3.8) is 0 Å². The van der Waals surface area contributed by atoms with E-state index in [0.29, 0.717) is 4.68 Å². The van der Waals surface area contributed by atoms with Crippen LogP contribution in [0.1, 0.15) is 23.1 Å². The minimum absolute atomic E-state index is 0.0156. The first kappa shape index (κ1) is 20.6. The Bertz CT molecular complexity index is 907. The summed E-state index contributed by atoms with van der Waals surface area (Å²) in [6, 6.07) is 4.38. The number of alkyl halides is 3. The van der Waals surface area contributed by atoms with Crippen molar-refractivity contribution in [3.05, 3.63) is 41.5 Å². The molecule has 0 radical (unpaired) electrons. The number of hydrogen-bond acceptors (Lipinski definition) is 5. The number of aromatic nitrogens is 3. The number of amides is 2. The standard InChI is InChI=1S/C17H17F4N5O3/c1-2-29-16(28)25-8-6-24(7-9-25)15(27)13-14(17(19,20)21)26(23-22-13)12-5-3-4-11(18)10-12/h3-5,10H,2,6-9H2,1H3. The Morgan fingerprint density at radius 1 is 1.14 bits per heavy atom. The lowest BCUT2D eigenvalue weighted by Crippen LogP contribution is -2.51. The van der Waals surface area contributed by atoms with Gasteiger partial charge >= 0.3 is 12.3 Å². The number of piperazine rings is 1. The van der Waals surface area contributed by atoms with Gasteiger partial charge in [0.2, 0.25) is 0 Å². The van der Waals surface area contributed by atoms with Gasteiger partial charge in [-0.05, 0) is 25.1 Å². The second-order valence-electron chi connectivity index (χ2n) is 6.15. The van der Waals surface area contributed by atoms with Crippen LogP contribution in [-0.2, 0) is 10.9 Å². The van der Waals surface area contributed by atoms with Gasteiger partial charge in [0.15, 0.2) is 11.4 Å². The van der Waals surface area contributed by atoms with Crippen LogP contribution in [-0.4, -0.2) is 69.6 Å². The molecule has 0 N–H and O–H groups in total. The molecule has 2 amide bonds. The number of carbonyl (C=O) groups is 2. The van der Waals surface area contributed by atoms with Gasteiger partial charge in [-0.25, -0.2) is 13.9 Å². The molecule has 1 aliphatic heterocycles. The molecule has 1 fully saturated rings. The fourth-order valence-corrected chi connectivity index (χ4v) is 2.93. The van der Waals surface area contributed by atoms with Crippen LogP contribution in [0.25, 0.3) is 5.69 Å². The molecule has 29 heavy (non-hydrogen) atoms. The number of halogens is 4. The number of carbonyl (C=O) groups excluding carboxylic acids is 2. The van der Waals surface area contributed by atoms with Gasteiger partial charge in [0.1, 0.15) is 5.82 Å². The summed E-state index contributed by atoms with van der Waals surface area (Å²) in [4.78, 5) is 26.9. The molecule has 3 rings (SSSR count). The lowest BCUT2D eigenvalue weighted by molar-refractivity contribution is -0.143. The van der Waals surface area contributed by atoms with Crippen LogP contribution in [0.3, 0.4) is 0 Å². The number of benzene rings is 1. The van der Waals surface area contributed by atoms with Crippen LogP contribution >= 0.6 is 0 Å². The Balaban J connectivity index is 1.86. The Morgan fingerprint density at radius 2 is 1.79 bits per heavy atom. The molecule has 1 aromatic carbocycles. The molecule has 1 aliphatic rings. The zero-order chi connectivity index (χ0) is 21.2. The highest BCUT2D eigenvalue weighted by Crippen LogP contribution is 2.33. The minimum Gasteiger partial charge on any atom is -0.450 e. The second-order valence-corrected chi connectivity index (χ2v) is 6.15. The number of ether oxygens (including phenoxy) is 1. The van der Waals surface area contributed by atoms with E-state index in [2.05, 4.69) is 10.3 Å². The molecule has 1 saturated heterocycles. The maximum Gasteiger partial charge on any atom is 0.435 e. The monoisotopic (exact) mass is 415 g/mol. The molecule has 0 unspecified atom stereocenters. The molecule has 0 bridgehead atoms. The third kappa shape index (κ3) is 4.30. The molecule has 0 aliphatic carbocycles. The van der Waals surface area contributed by atoms with E-state index in [1.54, 1.807) is 6.92 Å². The third-order valence-corrected chi connectivity index (χ3v) is 4.29. The highest BCUT2D eigenvalue weighted by molar-refractivity contribution is 5.93. The number of hydrogen-bond donors (Lipinski definition) is 0. The Hall–Kier alpha value is -3.18. The van der Waals surface area contributed by atoms with Crippen molar-refractivity contribution in [2.75, 3.05) is 32.8 Å². The normalized spacial score (nSPS) is 14.8. The van der Waals surface area contributed by atoms with Crippen molar-refractivity contribution in [1.82, 2.24) is 24.8 Å². The fourth-order valence-electron chi connectivity index (χ4n) is 2.93. The summed E-state index contributed by atoms with van der Waals surface area (Å²) < 4.78 is 59.7. The first-order valence-corrected chi connectivity index (χ1v) is 8.72. The number of rotatable bonds is 3. The summed E-state index contributed by atoms with van der Waals surface area (Å²) in [6.45, 7) is 2.10. The van der Waals surface area contributed by atoms with E-state index in [-0.39, 0.29) is 38.5 Å². The summed E-state index contributed by atoms with van der Waals surface area (Å²) in [5.74, 6) is -1.72. The van der Waals surface area contributed by atoms with Crippen LogP contribution in [0.4, 0.5) is 22.4 Å². The van der Waals surface area contributed by atoms with Crippen LogP contribution in [0, 0.1) is 5.82 Å². The average Bonchev–Trinajstić information content (AvgIpc) is 3.13. The van der Waals surface area contributed by atoms with Gasteiger partial charge in [0, 0.05) is 26.2 Å². The molecule has 0 atom stereocenters. The van der Waals surface area contributed by atoms with Gasteiger partial charge in [0.05, 0.1) is 12.3 Å². The van der Waals surface area contributed by atoms with Crippen LogP contribution in [0.15, 0.2) is 24.3 Å². The molecule has 8 nitrogen and oxygen atoms in total. The maximum atomic E-state index is 13.7. The van der Waals surface area contributed by atoms with Gasteiger partial charge in [-0.3, -0.25) is 4.79 Å². The first-order chi connectivity index (χ1) is 13.7. The Labute approximate surface area is 162 Å². The smallest absolute Gasteiger partial charge is 0.435 e. The molecule has 12 heteroatoms. The van der Waals surface area contributed by atoms with Crippen LogP contribution < -0.4 is 0 Å². The predicted molar refractivity (Wildman–Crippen MR) is 90.8 cm³/mol. The lowest BCUT2D eigenvalue weighted by atomic mass is 10.2. The Morgan fingerprint density at radius 3 is 2.38 bits per heavy atom. The zero-order valence-corrected chi connectivity index (χ0v) is 15.3. The molecule has 0 spiro atoms. The summed E-state index contributed by atoms with van der Waals surface area (Å²) in [5, 5.41) is 6.85.